The first-order chi connectivity index (χ1) is 12.6. The third-order valence-electron chi connectivity index (χ3n) is 3.84. The lowest BCUT2D eigenvalue weighted by Gasteiger charge is -2.23. The number of sulfonamides is 1. The standard InChI is InChI=1S/C18H21F2N3O3S/c1-22(2)14-5-7-15(8-6-14)23(27(3,25)26)11-10-21-18(24)13-4-9-16(19)17(20)12-13/h4-9,12H,10-11H2,1-3H3,(H,21,24). The molecule has 0 aliphatic heterocycles. The van der Waals surface area contributed by atoms with Crippen LogP contribution in [0.25, 0.3) is 0 Å². The van der Waals surface area contributed by atoms with Gasteiger partial charge in [0.2, 0.25) is 10.0 Å². The summed E-state index contributed by atoms with van der Waals surface area (Å²) >= 11 is 0. The van der Waals surface area contributed by atoms with Crippen LogP contribution < -0.4 is 14.5 Å². The van der Waals surface area contributed by atoms with E-state index in [4.69, 9.17) is 0 Å². The zero-order valence-corrected chi connectivity index (χ0v) is 16.1. The van der Waals surface area contributed by atoms with Crippen molar-refractivity contribution in [2.45, 2.75) is 0 Å². The minimum Gasteiger partial charge on any atom is -0.378 e. The van der Waals surface area contributed by atoms with Gasteiger partial charge in [-0.15, -0.1) is 0 Å². The Morgan fingerprint density at radius 1 is 1.00 bits per heavy atom. The number of amides is 1. The second kappa shape index (κ2) is 8.34. The minimum absolute atomic E-state index is 0.000328. The molecule has 0 aromatic heterocycles. The summed E-state index contributed by atoms with van der Waals surface area (Å²) in [4.78, 5) is 13.9. The van der Waals surface area contributed by atoms with Crippen LogP contribution in [0.3, 0.4) is 0 Å². The van der Waals surface area contributed by atoms with Gasteiger partial charge in [-0.2, -0.15) is 0 Å². The summed E-state index contributed by atoms with van der Waals surface area (Å²) in [7, 11) is 0.177. The Labute approximate surface area is 157 Å². The molecule has 0 heterocycles. The first-order valence-corrected chi connectivity index (χ1v) is 9.93. The molecule has 0 saturated carbocycles. The first-order valence-electron chi connectivity index (χ1n) is 8.08. The molecule has 0 radical (unpaired) electrons. The van der Waals surface area contributed by atoms with Gasteiger partial charge in [-0.05, 0) is 42.5 Å². The summed E-state index contributed by atoms with van der Waals surface area (Å²) in [5, 5.41) is 2.51. The molecule has 9 heteroatoms. The Kier molecular flexibility index (Phi) is 6.37. The number of nitrogens with zero attached hydrogens (tertiary/aromatic N) is 2. The van der Waals surface area contributed by atoms with Crippen molar-refractivity contribution in [3.8, 4) is 0 Å². The van der Waals surface area contributed by atoms with Crippen LogP contribution in [-0.2, 0) is 10.0 Å². The van der Waals surface area contributed by atoms with E-state index in [9.17, 15) is 22.0 Å². The molecule has 0 bridgehead atoms. The molecule has 0 fully saturated rings. The SMILES string of the molecule is CN(C)c1ccc(N(CCNC(=O)c2ccc(F)c(F)c2)S(C)(=O)=O)cc1. The van der Waals surface area contributed by atoms with Crippen LogP contribution in [0, 0.1) is 11.6 Å². The Bertz CT molecular complexity index is 916. The van der Waals surface area contributed by atoms with E-state index in [2.05, 4.69) is 5.32 Å². The quantitative estimate of drug-likeness (QED) is 0.778. The molecule has 2 rings (SSSR count). The second-order valence-corrected chi connectivity index (χ2v) is 8.04. The van der Waals surface area contributed by atoms with Gasteiger partial charge in [0, 0.05) is 31.9 Å². The summed E-state index contributed by atoms with van der Waals surface area (Å²) in [5.74, 6) is -2.79. The summed E-state index contributed by atoms with van der Waals surface area (Å²) < 4.78 is 51.5. The molecule has 0 unspecified atom stereocenters. The maximum Gasteiger partial charge on any atom is 0.251 e. The van der Waals surface area contributed by atoms with Crippen LogP contribution in [0.2, 0.25) is 0 Å². The number of rotatable bonds is 7. The number of anilines is 2. The lowest BCUT2D eigenvalue weighted by molar-refractivity contribution is 0.0954. The zero-order chi connectivity index (χ0) is 20.2. The van der Waals surface area contributed by atoms with E-state index in [0.717, 1.165) is 34.4 Å². The fourth-order valence-electron chi connectivity index (χ4n) is 2.41. The van der Waals surface area contributed by atoms with Gasteiger partial charge in [-0.25, -0.2) is 17.2 Å². The predicted molar refractivity (Wildman–Crippen MR) is 102 cm³/mol. The molecule has 0 saturated heterocycles. The van der Waals surface area contributed by atoms with Crippen molar-refractivity contribution in [3.63, 3.8) is 0 Å². The lowest BCUT2D eigenvalue weighted by Crippen LogP contribution is -2.38. The highest BCUT2D eigenvalue weighted by Crippen LogP contribution is 2.21. The first kappa shape index (κ1) is 20.6. The van der Waals surface area contributed by atoms with Crippen molar-refractivity contribution in [2.24, 2.45) is 0 Å². The van der Waals surface area contributed by atoms with Gasteiger partial charge in [0.25, 0.3) is 5.91 Å². The van der Waals surface area contributed by atoms with Gasteiger partial charge in [-0.3, -0.25) is 9.10 Å². The van der Waals surface area contributed by atoms with E-state index in [1.165, 1.54) is 0 Å². The van der Waals surface area contributed by atoms with Crippen LogP contribution in [0.4, 0.5) is 20.2 Å². The molecule has 27 heavy (non-hydrogen) atoms. The molecule has 2 aromatic carbocycles. The molecule has 2 aromatic rings. The normalized spacial score (nSPS) is 11.1. The van der Waals surface area contributed by atoms with Crippen molar-refractivity contribution in [3.05, 3.63) is 59.7 Å². The molecule has 0 aliphatic rings. The third-order valence-corrected chi connectivity index (χ3v) is 5.03. The number of carbonyl (C=O) groups is 1. The van der Waals surface area contributed by atoms with Crippen molar-refractivity contribution in [2.75, 3.05) is 42.6 Å². The average Bonchev–Trinajstić information content (AvgIpc) is 2.60. The van der Waals surface area contributed by atoms with Crippen molar-refractivity contribution < 1.29 is 22.0 Å². The summed E-state index contributed by atoms with van der Waals surface area (Å²) in [6, 6.07) is 9.72. The topological polar surface area (TPSA) is 69.7 Å². The van der Waals surface area contributed by atoms with E-state index in [1.807, 2.05) is 19.0 Å². The Morgan fingerprint density at radius 2 is 1.59 bits per heavy atom. The number of halogens is 2. The number of nitrogens with one attached hydrogen (secondary N) is 1. The number of carbonyl (C=O) groups excluding carboxylic acids is 1. The van der Waals surface area contributed by atoms with Crippen LogP contribution in [0.5, 0.6) is 0 Å². The molecule has 1 N–H and O–H groups in total. The Morgan fingerprint density at radius 3 is 2.11 bits per heavy atom. The van der Waals surface area contributed by atoms with Gasteiger partial charge >= 0.3 is 0 Å². The van der Waals surface area contributed by atoms with Gasteiger partial charge in [0.15, 0.2) is 11.6 Å². The van der Waals surface area contributed by atoms with E-state index < -0.39 is 27.6 Å². The van der Waals surface area contributed by atoms with Crippen LogP contribution >= 0.6 is 0 Å². The van der Waals surface area contributed by atoms with Crippen LogP contribution in [0.1, 0.15) is 10.4 Å². The summed E-state index contributed by atoms with van der Waals surface area (Å²) in [6.07, 6.45) is 1.07. The maximum absolute atomic E-state index is 13.2. The summed E-state index contributed by atoms with van der Waals surface area (Å²) in [5.41, 5.74) is 1.33. The summed E-state index contributed by atoms with van der Waals surface area (Å²) in [6.45, 7) is -0.00408. The largest absolute Gasteiger partial charge is 0.378 e. The molecule has 1 amide bonds. The molecule has 6 nitrogen and oxygen atoms in total. The molecule has 146 valence electrons. The highest BCUT2D eigenvalue weighted by molar-refractivity contribution is 7.92. The molecular formula is C18H21F2N3O3S. The van der Waals surface area contributed by atoms with Gasteiger partial charge in [-0.1, -0.05) is 0 Å². The van der Waals surface area contributed by atoms with E-state index >= 15 is 0 Å². The van der Waals surface area contributed by atoms with Gasteiger partial charge < -0.3 is 10.2 Å². The fourth-order valence-corrected chi connectivity index (χ4v) is 3.34. The second-order valence-electron chi connectivity index (χ2n) is 6.13. The Balaban J connectivity index is 2.06. The van der Waals surface area contributed by atoms with Crippen molar-refractivity contribution >= 4 is 27.3 Å². The van der Waals surface area contributed by atoms with E-state index in [1.54, 1.807) is 24.3 Å². The van der Waals surface area contributed by atoms with Crippen molar-refractivity contribution in [1.82, 2.24) is 5.32 Å². The van der Waals surface area contributed by atoms with Gasteiger partial charge in [0.1, 0.15) is 0 Å². The van der Waals surface area contributed by atoms with E-state index in [0.29, 0.717) is 5.69 Å². The zero-order valence-electron chi connectivity index (χ0n) is 15.2. The van der Waals surface area contributed by atoms with E-state index in [-0.39, 0.29) is 18.7 Å². The van der Waals surface area contributed by atoms with Crippen LogP contribution in [-0.4, -0.2) is 47.8 Å². The third kappa shape index (κ3) is 5.40. The van der Waals surface area contributed by atoms with Crippen LogP contribution in [0.15, 0.2) is 42.5 Å². The van der Waals surface area contributed by atoms with Gasteiger partial charge in [0.05, 0.1) is 18.5 Å². The smallest absolute Gasteiger partial charge is 0.251 e. The Hall–Kier alpha value is -2.68. The molecule has 0 aliphatic carbocycles. The minimum atomic E-state index is -3.57. The number of hydrogen-bond donors (Lipinski definition) is 1. The van der Waals surface area contributed by atoms with Crippen molar-refractivity contribution in [1.29, 1.82) is 0 Å². The average molecular weight is 397 g/mol. The monoisotopic (exact) mass is 397 g/mol. The predicted octanol–water partition coefficient (Wildman–Crippen LogP) is 2.23. The fraction of sp³-hybridized carbons (Fsp3) is 0.278. The lowest BCUT2D eigenvalue weighted by atomic mass is 10.2. The molecular weight excluding hydrogens is 376 g/mol. The molecule has 0 atom stereocenters. The molecule has 0 spiro atoms. The highest BCUT2D eigenvalue weighted by Gasteiger charge is 2.18. The maximum atomic E-state index is 13.2. The number of benzene rings is 2. The number of hydrogen-bond acceptors (Lipinski definition) is 4. The highest BCUT2D eigenvalue weighted by atomic mass is 32.2.